The lowest BCUT2D eigenvalue weighted by Crippen LogP contribution is -2.35. The molecule has 1 aliphatic carbocycles. The fraction of sp³-hybridized carbons (Fsp3) is 0.917. The number of carbonyl (C=O) groups excluding carboxylic acids is 1. The summed E-state index contributed by atoms with van der Waals surface area (Å²) < 4.78 is 4.91. The van der Waals surface area contributed by atoms with Crippen molar-refractivity contribution in [2.75, 3.05) is 26.8 Å². The topological polar surface area (TPSA) is 64.3 Å². The van der Waals surface area contributed by atoms with Crippen LogP contribution < -0.4 is 11.1 Å². The number of nitrogens with one attached hydrogen (secondary N) is 1. The van der Waals surface area contributed by atoms with Crippen molar-refractivity contribution >= 4 is 5.91 Å². The number of rotatable bonds is 6. The van der Waals surface area contributed by atoms with Crippen LogP contribution in [-0.4, -0.2) is 32.7 Å². The van der Waals surface area contributed by atoms with Gasteiger partial charge in [-0.15, -0.1) is 0 Å². The van der Waals surface area contributed by atoms with Crippen molar-refractivity contribution in [3.63, 3.8) is 0 Å². The van der Waals surface area contributed by atoms with Gasteiger partial charge in [-0.25, -0.2) is 0 Å². The summed E-state index contributed by atoms with van der Waals surface area (Å²) in [6.07, 6.45) is 5.49. The third-order valence-electron chi connectivity index (χ3n) is 3.33. The van der Waals surface area contributed by atoms with E-state index < -0.39 is 0 Å². The zero-order valence-corrected chi connectivity index (χ0v) is 10.2. The lowest BCUT2D eigenvalue weighted by Gasteiger charge is -2.28. The van der Waals surface area contributed by atoms with Gasteiger partial charge in [0, 0.05) is 19.6 Å². The highest BCUT2D eigenvalue weighted by molar-refractivity contribution is 5.78. The number of carbonyl (C=O) groups is 1. The van der Waals surface area contributed by atoms with E-state index in [0.29, 0.717) is 19.1 Å². The molecule has 4 heteroatoms. The van der Waals surface area contributed by atoms with Crippen molar-refractivity contribution in [1.82, 2.24) is 5.32 Å². The number of amides is 1. The van der Waals surface area contributed by atoms with Crippen LogP contribution in [0.5, 0.6) is 0 Å². The van der Waals surface area contributed by atoms with Crippen LogP contribution in [0.1, 0.15) is 32.1 Å². The van der Waals surface area contributed by atoms with Gasteiger partial charge in [0.2, 0.25) is 5.91 Å². The first-order valence-electron chi connectivity index (χ1n) is 6.24. The third-order valence-corrected chi connectivity index (χ3v) is 3.33. The standard InChI is InChI=1S/C12H24N2O2/c1-16-8-7-14-12(15)11-4-2-3-10(9-11)5-6-13/h10-11H,2-9,13H2,1H3,(H,14,15). The van der Waals surface area contributed by atoms with Gasteiger partial charge < -0.3 is 15.8 Å². The van der Waals surface area contributed by atoms with Gasteiger partial charge in [0.15, 0.2) is 0 Å². The Labute approximate surface area is 97.9 Å². The van der Waals surface area contributed by atoms with E-state index in [9.17, 15) is 4.79 Å². The lowest BCUT2D eigenvalue weighted by molar-refractivity contribution is -0.126. The maximum absolute atomic E-state index is 11.8. The van der Waals surface area contributed by atoms with Gasteiger partial charge in [-0.3, -0.25) is 4.79 Å². The van der Waals surface area contributed by atoms with Gasteiger partial charge in [0.25, 0.3) is 0 Å². The molecule has 0 radical (unpaired) electrons. The monoisotopic (exact) mass is 228 g/mol. The average Bonchev–Trinajstić information content (AvgIpc) is 2.30. The van der Waals surface area contributed by atoms with E-state index in [2.05, 4.69) is 5.32 Å². The van der Waals surface area contributed by atoms with Crippen molar-refractivity contribution in [1.29, 1.82) is 0 Å². The maximum Gasteiger partial charge on any atom is 0.223 e. The number of methoxy groups -OCH3 is 1. The molecule has 16 heavy (non-hydrogen) atoms. The molecule has 0 heterocycles. The second-order valence-corrected chi connectivity index (χ2v) is 4.59. The van der Waals surface area contributed by atoms with Crippen molar-refractivity contribution in [2.45, 2.75) is 32.1 Å². The summed E-state index contributed by atoms with van der Waals surface area (Å²) in [5.41, 5.74) is 5.56. The first-order chi connectivity index (χ1) is 7.77. The van der Waals surface area contributed by atoms with E-state index in [-0.39, 0.29) is 11.8 Å². The van der Waals surface area contributed by atoms with E-state index in [4.69, 9.17) is 10.5 Å². The molecule has 0 aromatic heterocycles. The van der Waals surface area contributed by atoms with Crippen LogP contribution in [0, 0.1) is 11.8 Å². The smallest absolute Gasteiger partial charge is 0.223 e. The fourth-order valence-corrected chi connectivity index (χ4v) is 2.45. The Balaban J connectivity index is 2.26. The molecule has 0 saturated heterocycles. The molecule has 3 N–H and O–H groups in total. The maximum atomic E-state index is 11.8. The molecule has 1 saturated carbocycles. The van der Waals surface area contributed by atoms with Crippen LogP contribution in [0.2, 0.25) is 0 Å². The Morgan fingerprint density at radius 2 is 2.31 bits per heavy atom. The molecule has 2 unspecified atom stereocenters. The fourth-order valence-electron chi connectivity index (χ4n) is 2.45. The molecule has 0 spiro atoms. The first kappa shape index (κ1) is 13.5. The van der Waals surface area contributed by atoms with Crippen LogP contribution in [0.25, 0.3) is 0 Å². The largest absolute Gasteiger partial charge is 0.383 e. The zero-order valence-electron chi connectivity index (χ0n) is 10.2. The number of hydrogen-bond acceptors (Lipinski definition) is 3. The van der Waals surface area contributed by atoms with Crippen molar-refractivity contribution in [3.8, 4) is 0 Å². The minimum atomic E-state index is 0.193. The summed E-state index contributed by atoms with van der Waals surface area (Å²) in [6, 6.07) is 0. The van der Waals surface area contributed by atoms with Gasteiger partial charge in [0.05, 0.1) is 6.61 Å². The van der Waals surface area contributed by atoms with Crippen LogP contribution >= 0.6 is 0 Å². The third kappa shape index (κ3) is 4.49. The summed E-state index contributed by atoms with van der Waals surface area (Å²) in [4.78, 5) is 11.8. The molecule has 4 nitrogen and oxygen atoms in total. The Morgan fingerprint density at radius 3 is 3.00 bits per heavy atom. The van der Waals surface area contributed by atoms with Crippen LogP contribution in [-0.2, 0) is 9.53 Å². The highest BCUT2D eigenvalue weighted by Crippen LogP contribution is 2.30. The zero-order chi connectivity index (χ0) is 11.8. The summed E-state index contributed by atoms with van der Waals surface area (Å²) >= 11 is 0. The van der Waals surface area contributed by atoms with E-state index in [1.165, 1.54) is 6.42 Å². The van der Waals surface area contributed by atoms with E-state index in [1.54, 1.807) is 7.11 Å². The van der Waals surface area contributed by atoms with Gasteiger partial charge >= 0.3 is 0 Å². The Kier molecular flexibility index (Phi) is 6.42. The van der Waals surface area contributed by atoms with Crippen molar-refractivity contribution in [3.05, 3.63) is 0 Å². The minimum absolute atomic E-state index is 0.193. The van der Waals surface area contributed by atoms with Gasteiger partial charge in [-0.1, -0.05) is 12.8 Å². The average molecular weight is 228 g/mol. The highest BCUT2D eigenvalue weighted by Gasteiger charge is 2.26. The number of nitrogens with two attached hydrogens (primary N) is 1. The normalized spacial score (nSPS) is 25.4. The molecular weight excluding hydrogens is 204 g/mol. The molecule has 1 aliphatic rings. The predicted octanol–water partition coefficient (Wildman–Crippen LogP) is 0.904. The quantitative estimate of drug-likeness (QED) is 0.664. The summed E-state index contributed by atoms with van der Waals surface area (Å²) in [5, 5.41) is 2.92. The predicted molar refractivity (Wildman–Crippen MR) is 64.0 cm³/mol. The molecular formula is C12H24N2O2. The van der Waals surface area contributed by atoms with Gasteiger partial charge in [-0.05, 0) is 31.7 Å². The first-order valence-corrected chi connectivity index (χ1v) is 6.24. The molecule has 0 bridgehead atoms. The summed E-state index contributed by atoms with van der Waals surface area (Å²) in [6.45, 7) is 1.95. The molecule has 1 amide bonds. The minimum Gasteiger partial charge on any atom is -0.383 e. The second kappa shape index (κ2) is 7.63. The SMILES string of the molecule is COCCNC(=O)C1CCCC(CCN)C1. The van der Waals surface area contributed by atoms with Gasteiger partial charge in [0.1, 0.15) is 0 Å². The Bertz CT molecular complexity index is 207. The van der Waals surface area contributed by atoms with Crippen LogP contribution in [0.15, 0.2) is 0 Å². The molecule has 0 aromatic carbocycles. The molecule has 1 rings (SSSR count). The van der Waals surface area contributed by atoms with Gasteiger partial charge in [-0.2, -0.15) is 0 Å². The lowest BCUT2D eigenvalue weighted by atomic mass is 9.79. The summed E-state index contributed by atoms with van der Waals surface area (Å²) in [7, 11) is 1.64. The van der Waals surface area contributed by atoms with E-state index in [1.807, 2.05) is 0 Å². The molecule has 94 valence electrons. The van der Waals surface area contributed by atoms with Crippen molar-refractivity contribution < 1.29 is 9.53 Å². The van der Waals surface area contributed by atoms with E-state index >= 15 is 0 Å². The molecule has 2 atom stereocenters. The Morgan fingerprint density at radius 1 is 1.50 bits per heavy atom. The number of ether oxygens (including phenoxy) is 1. The number of hydrogen-bond donors (Lipinski definition) is 2. The molecule has 0 aromatic rings. The van der Waals surface area contributed by atoms with Crippen molar-refractivity contribution in [2.24, 2.45) is 17.6 Å². The molecule has 1 fully saturated rings. The van der Waals surface area contributed by atoms with Crippen LogP contribution in [0.4, 0.5) is 0 Å². The summed E-state index contributed by atoms with van der Waals surface area (Å²) in [5.74, 6) is 1.04. The second-order valence-electron chi connectivity index (χ2n) is 4.59. The van der Waals surface area contributed by atoms with Crippen LogP contribution in [0.3, 0.4) is 0 Å². The molecule has 0 aliphatic heterocycles. The van der Waals surface area contributed by atoms with E-state index in [0.717, 1.165) is 32.2 Å². The highest BCUT2D eigenvalue weighted by atomic mass is 16.5. The Hall–Kier alpha value is -0.610.